The van der Waals surface area contributed by atoms with E-state index in [1.54, 1.807) is 12.4 Å². The second-order valence-corrected chi connectivity index (χ2v) is 7.54. The van der Waals surface area contributed by atoms with Crippen LogP contribution in [-0.4, -0.2) is 38.8 Å². The third-order valence-corrected chi connectivity index (χ3v) is 5.13. The Morgan fingerprint density at radius 1 is 1.25 bits per heavy atom. The molecule has 144 valence electrons. The first-order valence-corrected chi connectivity index (χ1v) is 9.73. The second kappa shape index (κ2) is 8.10. The van der Waals surface area contributed by atoms with E-state index in [9.17, 15) is 4.79 Å². The van der Waals surface area contributed by atoms with Crippen molar-refractivity contribution < 1.29 is 9.21 Å². The fourth-order valence-electron chi connectivity index (χ4n) is 3.47. The van der Waals surface area contributed by atoms with E-state index in [2.05, 4.69) is 15.0 Å². The molecule has 0 saturated carbocycles. The molecule has 0 radical (unpaired) electrons. The number of benzene rings is 1. The van der Waals surface area contributed by atoms with Crippen LogP contribution in [0.4, 0.5) is 0 Å². The van der Waals surface area contributed by atoms with Crippen molar-refractivity contribution in [2.24, 2.45) is 0 Å². The minimum absolute atomic E-state index is 0.0872. The summed E-state index contributed by atoms with van der Waals surface area (Å²) in [4.78, 5) is 27.4. The molecule has 6 nitrogen and oxygen atoms in total. The van der Waals surface area contributed by atoms with Crippen LogP contribution in [0.2, 0.25) is 5.02 Å². The largest absolute Gasteiger partial charge is 0.445 e. The van der Waals surface area contributed by atoms with E-state index >= 15 is 0 Å². The van der Waals surface area contributed by atoms with Gasteiger partial charge in [0.2, 0.25) is 0 Å². The Morgan fingerprint density at radius 2 is 2.14 bits per heavy atom. The number of aromatic nitrogens is 3. The Bertz CT molecular complexity index is 971. The lowest BCUT2D eigenvalue weighted by Gasteiger charge is -2.31. The molecule has 28 heavy (non-hydrogen) atoms. The summed E-state index contributed by atoms with van der Waals surface area (Å²) in [5, 5.41) is 0.706. The van der Waals surface area contributed by atoms with Gasteiger partial charge in [-0.15, -0.1) is 0 Å². The van der Waals surface area contributed by atoms with Gasteiger partial charge in [0.1, 0.15) is 11.5 Å². The van der Waals surface area contributed by atoms with E-state index in [1.165, 1.54) is 6.20 Å². The molecule has 0 N–H and O–H groups in total. The van der Waals surface area contributed by atoms with Gasteiger partial charge >= 0.3 is 0 Å². The van der Waals surface area contributed by atoms with Crippen molar-refractivity contribution in [3.05, 3.63) is 76.5 Å². The molecule has 0 spiro atoms. The van der Waals surface area contributed by atoms with E-state index in [-0.39, 0.29) is 11.8 Å². The number of carbonyl (C=O) groups is 1. The number of hydrogen-bond donors (Lipinski definition) is 0. The first-order chi connectivity index (χ1) is 13.6. The van der Waals surface area contributed by atoms with Gasteiger partial charge in [-0.25, -0.2) is 9.97 Å². The summed E-state index contributed by atoms with van der Waals surface area (Å²) in [6.07, 6.45) is 7.41. The first kappa shape index (κ1) is 18.6. The maximum Gasteiger partial charge on any atom is 0.274 e. The van der Waals surface area contributed by atoms with Crippen LogP contribution >= 0.6 is 11.6 Å². The highest BCUT2D eigenvalue weighted by Crippen LogP contribution is 2.28. The SMILES string of the molecule is Cc1cnc(C(=O)N2CCCC(c3ncc(Cc4cccc(Cl)c4)o3)C2)cn1. The van der Waals surface area contributed by atoms with Gasteiger partial charge in [-0.2, -0.15) is 0 Å². The molecule has 1 unspecified atom stereocenters. The zero-order valence-electron chi connectivity index (χ0n) is 15.6. The Labute approximate surface area is 168 Å². The van der Waals surface area contributed by atoms with Crippen LogP contribution in [0.15, 0.2) is 47.3 Å². The van der Waals surface area contributed by atoms with Crippen molar-refractivity contribution in [2.45, 2.75) is 32.1 Å². The Kier molecular flexibility index (Phi) is 5.39. The lowest BCUT2D eigenvalue weighted by atomic mass is 9.98. The van der Waals surface area contributed by atoms with E-state index in [1.807, 2.05) is 36.1 Å². The van der Waals surface area contributed by atoms with Crippen molar-refractivity contribution in [1.82, 2.24) is 19.9 Å². The molecule has 3 heterocycles. The quantitative estimate of drug-likeness (QED) is 0.665. The lowest BCUT2D eigenvalue weighted by molar-refractivity contribution is 0.0691. The summed E-state index contributed by atoms with van der Waals surface area (Å²) in [5.74, 6) is 1.47. The van der Waals surface area contributed by atoms with Gasteiger partial charge in [-0.1, -0.05) is 23.7 Å². The number of aryl methyl sites for hydroxylation is 1. The monoisotopic (exact) mass is 396 g/mol. The van der Waals surface area contributed by atoms with E-state index in [4.69, 9.17) is 16.0 Å². The van der Waals surface area contributed by atoms with Crippen molar-refractivity contribution >= 4 is 17.5 Å². The lowest BCUT2D eigenvalue weighted by Crippen LogP contribution is -2.39. The molecule has 3 aromatic rings. The van der Waals surface area contributed by atoms with Crippen LogP contribution in [0.5, 0.6) is 0 Å². The molecular weight excluding hydrogens is 376 g/mol. The van der Waals surface area contributed by atoms with Gasteiger partial charge in [0.15, 0.2) is 5.89 Å². The Balaban J connectivity index is 1.44. The molecule has 2 aromatic heterocycles. The maximum atomic E-state index is 12.7. The van der Waals surface area contributed by atoms with E-state index < -0.39 is 0 Å². The smallest absolute Gasteiger partial charge is 0.274 e. The van der Waals surface area contributed by atoms with Gasteiger partial charge in [-0.3, -0.25) is 9.78 Å². The van der Waals surface area contributed by atoms with Crippen LogP contribution in [0.1, 0.15) is 52.2 Å². The number of rotatable bonds is 4. The van der Waals surface area contributed by atoms with Crippen molar-refractivity contribution in [3.8, 4) is 0 Å². The predicted molar refractivity (Wildman–Crippen MR) is 105 cm³/mol. The Hall–Kier alpha value is -2.73. The average molecular weight is 397 g/mol. The summed E-state index contributed by atoms with van der Waals surface area (Å²) in [6, 6.07) is 7.71. The molecule has 1 amide bonds. The third kappa shape index (κ3) is 4.22. The minimum Gasteiger partial charge on any atom is -0.445 e. The number of carbonyl (C=O) groups excluding carboxylic acids is 1. The van der Waals surface area contributed by atoms with Gasteiger partial charge in [-0.05, 0) is 37.5 Å². The number of amides is 1. The van der Waals surface area contributed by atoms with Crippen molar-refractivity contribution in [3.63, 3.8) is 0 Å². The number of piperidine rings is 1. The fourth-order valence-corrected chi connectivity index (χ4v) is 3.68. The third-order valence-electron chi connectivity index (χ3n) is 4.90. The second-order valence-electron chi connectivity index (χ2n) is 7.10. The summed E-state index contributed by atoms with van der Waals surface area (Å²) < 4.78 is 6.00. The molecule has 7 heteroatoms. The van der Waals surface area contributed by atoms with E-state index in [0.29, 0.717) is 36.1 Å². The number of hydrogen-bond acceptors (Lipinski definition) is 5. The molecule has 1 aliphatic heterocycles. The molecule has 1 aromatic carbocycles. The van der Waals surface area contributed by atoms with Crippen molar-refractivity contribution in [1.29, 1.82) is 0 Å². The maximum absolute atomic E-state index is 12.7. The highest BCUT2D eigenvalue weighted by molar-refractivity contribution is 6.30. The number of oxazole rings is 1. The summed E-state index contributed by atoms with van der Waals surface area (Å²) >= 11 is 6.05. The standard InChI is InChI=1S/C21H21ClN4O2/c1-14-10-24-19(12-23-14)21(27)26-7-3-5-16(13-26)20-25-11-18(28-20)9-15-4-2-6-17(22)8-15/h2,4,6,8,10-12,16H,3,5,7,9,13H2,1H3. The molecule has 4 rings (SSSR count). The van der Waals surface area contributed by atoms with Gasteiger partial charge in [0.05, 0.1) is 24.0 Å². The molecule has 1 fully saturated rings. The van der Waals surface area contributed by atoms with Crippen LogP contribution in [0, 0.1) is 6.92 Å². The highest BCUT2D eigenvalue weighted by Gasteiger charge is 2.29. The van der Waals surface area contributed by atoms with E-state index in [0.717, 1.165) is 29.9 Å². The molecule has 0 bridgehead atoms. The normalized spacial score (nSPS) is 16.9. The summed E-state index contributed by atoms with van der Waals surface area (Å²) in [7, 11) is 0. The first-order valence-electron chi connectivity index (χ1n) is 9.35. The molecular formula is C21H21ClN4O2. The van der Waals surface area contributed by atoms with Crippen molar-refractivity contribution in [2.75, 3.05) is 13.1 Å². The zero-order chi connectivity index (χ0) is 19.5. The highest BCUT2D eigenvalue weighted by atomic mass is 35.5. The molecule has 1 atom stereocenters. The number of halogens is 1. The summed E-state index contributed by atoms with van der Waals surface area (Å²) in [5.41, 5.74) is 2.24. The van der Waals surface area contributed by atoms with Crippen LogP contribution < -0.4 is 0 Å². The molecule has 1 aliphatic rings. The van der Waals surface area contributed by atoms with Crippen LogP contribution in [0.3, 0.4) is 0 Å². The van der Waals surface area contributed by atoms with Gasteiger partial charge in [0, 0.05) is 30.7 Å². The Morgan fingerprint density at radius 3 is 2.93 bits per heavy atom. The predicted octanol–water partition coefficient (Wildman–Crippen LogP) is 4.04. The number of nitrogens with zero attached hydrogens (tertiary/aromatic N) is 4. The molecule has 0 aliphatic carbocycles. The van der Waals surface area contributed by atoms with Gasteiger partial charge < -0.3 is 9.32 Å². The average Bonchev–Trinajstić information content (AvgIpc) is 3.17. The zero-order valence-corrected chi connectivity index (χ0v) is 16.4. The minimum atomic E-state index is -0.0945. The van der Waals surface area contributed by atoms with Crippen LogP contribution in [-0.2, 0) is 6.42 Å². The van der Waals surface area contributed by atoms with Crippen LogP contribution in [0.25, 0.3) is 0 Å². The number of likely N-dealkylation sites (tertiary alicyclic amines) is 1. The topological polar surface area (TPSA) is 72.1 Å². The molecule has 1 saturated heterocycles. The fraction of sp³-hybridized carbons (Fsp3) is 0.333. The summed E-state index contributed by atoms with van der Waals surface area (Å²) in [6.45, 7) is 3.13. The van der Waals surface area contributed by atoms with Gasteiger partial charge in [0.25, 0.3) is 5.91 Å².